The van der Waals surface area contributed by atoms with Gasteiger partial charge in [0.1, 0.15) is 0 Å². The van der Waals surface area contributed by atoms with Gasteiger partial charge in [0.15, 0.2) is 0 Å². The van der Waals surface area contributed by atoms with Gasteiger partial charge in [0.2, 0.25) is 5.91 Å². The van der Waals surface area contributed by atoms with Crippen LogP contribution in [-0.4, -0.2) is 43.6 Å². The highest BCUT2D eigenvalue weighted by Crippen LogP contribution is 2.18. The lowest BCUT2D eigenvalue weighted by Crippen LogP contribution is -3.00. The van der Waals surface area contributed by atoms with E-state index < -0.39 is 0 Å². The van der Waals surface area contributed by atoms with Gasteiger partial charge in [-0.15, -0.1) is 0 Å². The molecule has 0 radical (unpaired) electrons. The lowest BCUT2D eigenvalue weighted by molar-refractivity contribution is -0.914. The maximum atomic E-state index is 12.4. The van der Waals surface area contributed by atoms with Gasteiger partial charge in [-0.1, -0.05) is 38.1 Å². The topological polar surface area (TPSA) is 29.1 Å². The first-order chi connectivity index (χ1) is 11.9. The molecule has 1 aromatic rings. The zero-order valence-corrected chi connectivity index (χ0v) is 19.2. The van der Waals surface area contributed by atoms with Crippen LogP contribution in [-0.2, 0) is 11.2 Å². The standard InChI is InChI=1S/C22H36N2O.HI/c1-18(2)17-20-9-11-21(12-10-20)19(3)22(25)23-13-8-16-24(4)14-6-5-7-15-24;/h9-12,18-19H,5-8,13-17H2,1-4H3;1H/t19-;/m1./s1. The van der Waals surface area contributed by atoms with Crippen LogP contribution in [0.3, 0.4) is 0 Å². The van der Waals surface area contributed by atoms with Crippen molar-refractivity contribution < 1.29 is 33.3 Å². The Morgan fingerprint density at radius 1 is 1.08 bits per heavy atom. The molecule has 26 heavy (non-hydrogen) atoms. The molecule has 0 aliphatic carbocycles. The first-order valence-electron chi connectivity index (χ1n) is 10.1. The number of amides is 1. The van der Waals surface area contributed by atoms with Crippen molar-refractivity contribution >= 4 is 5.91 Å². The Labute approximate surface area is 177 Å². The molecule has 4 heteroatoms. The SMILES string of the molecule is CC(C)Cc1ccc([C@@H](C)C(=O)NCCC[N+]2(C)CCCCC2)cc1.[I-]. The molecule has 0 saturated carbocycles. The number of carbonyl (C=O) groups excluding carboxylic acids is 1. The van der Waals surface area contributed by atoms with Gasteiger partial charge < -0.3 is 33.8 Å². The quantitative estimate of drug-likeness (QED) is 0.343. The Morgan fingerprint density at radius 3 is 2.27 bits per heavy atom. The second-order valence-corrected chi connectivity index (χ2v) is 8.56. The smallest absolute Gasteiger partial charge is 0.227 e. The summed E-state index contributed by atoms with van der Waals surface area (Å²) < 4.78 is 1.18. The van der Waals surface area contributed by atoms with Gasteiger partial charge in [0.25, 0.3) is 0 Å². The highest BCUT2D eigenvalue weighted by Gasteiger charge is 2.24. The molecular formula is C22H37IN2O. The molecule has 148 valence electrons. The summed E-state index contributed by atoms with van der Waals surface area (Å²) in [6.45, 7) is 11.0. The first kappa shape index (κ1) is 23.4. The molecule has 3 nitrogen and oxygen atoms in total. The normalized spacial score (nSPS) is 17.4. The molecule has 0 aromatic heterocycles. The van der Waals surface area contributed by atoms with E-state index in [9.17, 15) is 4.79 Å². The van der Waals surface area contributed by atoms with Crippen LogP contribution in [0.5, 0.6) is 0 Å². The van der Waals surface area contributed by atoms with Crippen LogP contribution in [0.25, 0.3) is 0 Å². The van der Waals surface area contributed by atoms with E-state index in [0.717, 1.165) is 24.9 Å². The average molecular weight is 472 g/mol. The fourth-order valence-corrected chi connectivity index (χ4v) is 3.89. The summed E-state index contributed by atoms with van der Waals surface area (Å²) in [5, 5.41) is 3.14. The van der Waals surface area contributed by atoms with Crippen molar-refractivity contribution in [3.63, 3.8) is 0 Å². The third kappa shape index (κ3) is 7.55. The van der Waals surface area contributed by atoms with Gasteiger partial charge >= 0.3 is 0 Å². The van der Waals surface area contributed by atoms with Crippen molar-refractivity contribution in [1.82, 2.24) is 5.32 Å². The van der Waals surface area contributed by atoms with E-state index in [2.05, 4.69) is 50.5 Å². The van der Waals surface area contributed by atoms with E-state index in [-0.39, 0.29) is 35.8 Å². The Kier molecular flexibility index (Phi) is 10.2. The number of likely N-dealkylation sites (tertiary alicyclic amines) is 1. The monoisotopic (exact) mass is 472 g/mol. The summed E-state index contributed by atoms with van der Waals surface area (Å²) in [5.74, 6) is 0.738. The molecule has 1 atom stereocenters. The number of rotatable bonds is 8. The third-order valence-electron chi connectivity index (χ3n) is 5.59. The van der Waals surface area contributed by atoms with Gasteiger partial charge in [0.05, 0.1) is 32.6 Å². The maximum absolute atomic E-state index is 12.4. The van der Waals surface area contributed by atoms with Crippen LogP contribution < -0.4 is 29.3 Å². The van der Waals surface area contributed by atoms with Gasteiger partial charge in [-0.25, -0.2) is 0 Å². The molecule has 1 amide bonds. The van der Waals surface area contributed by atoms with Crippen LogP contribution in [0.15, 0.2) is 24.3 Å². The van der Waals surface area contributed by atoms with E-state index in [1.807, 2.05) is 6.92 Å². The Bertz CT molecular complexity index is 536. The minimum atomic E-state index is -0.0761. The number of nitrogens with one attached hydrogen (secondary N) is 1. The number of halogens is 1. The zero-order valence-electron chi connectivity index (χ0n) is 17.1. The zero-order chi connectivity index (χ0) is 18.3. The largest absolute Gasteiger partial charge is 1.00 e. The van der Waals surface area contributed by atoms with E-state index in [0.29, 0.717) is 5.92 Å². The summed E-state index contributed by atoms with van der Waals surface area (Å²) in [6.07, 6.45) is 6.26. The lowest BCUT2D eigenvalue weighted by Gasteiger charge is -2.37. The Hall–Kier alpha value is -0.620. The minimum absolute atomic E-state index is 0. The van der Waals surface area contributed by atoms with Gasteiger partial charge in [-0.05, 0) is 49.7 Å². The van der Waals surface area contributed by atoms with E-state index in [4.69, 9.17) is 0 Å². The molecule has 2 rings (SSSR count). The van der Waals surface area contributed by atoms with Crippen LogP contribution in [0.4, 0.5) is 0 Å². The second kappa shape index (κ2) is 11.3. The van der Waals surface area contributed by atoms with Crippen LogP contribution in [0.1, 0.15) is 63.5 Å². The van der Waals surface area contributed by atoms with E-state index in [1.165, 1.54) is 48.9 Å². The Morgan fingerprint density at radius 2 is 1.69 bits per heavy atom. The number of benzene rings is 1. The average Bonchev–Trinajstić information content (AvgIpc) is 2.59. The first-order valence-corrected chi connectivity index (χ1v) is 10.1. The van der Waals surface area contributed by atoms with Crippen molar-refractivity contribution in [3.8, 4) is 0 Å². The number of hydrogen-bond acceptors (Lipinski definition) is 1. The van der Waals surface area contributed by atoms with Gasteiger partial charge in [-0.2, -0.15) is 0 Å². The van der Waals surface area contributed by atoms with Gasteiger partial charge in [0, 0.05) is 13.0 Å². The fraction of sp³-hybridized carbons (Fsp3) is 0.682. The molecule has 1 N–H and O–H groups in total. The molecule has 1 aliphatic rings. The molecule has 1 saturated heterocycles. The fourth-order valence-electron chi connectivity index (χ4n) is 3.89. The van der Waals surface area contributed by atoms with Crippen LogP contribution in [0.2, 0.25) is 0 Å². The number of piperidine rings is 1. The molecule has 0 bridgehead atoms. The third-order valence-corrected chi connectivity index (χ3v) is 5.59. The van der Waals surface area contributed by atoms with Crippen LogP contribution >= 0.6 is 0 Å². The second-order valence-electron chi connectivity index (χ2n) is 8.56. The predicted octanol–water partition coefficient (Wildman–Crippen LogP) is 1.13. The summed E-state index contributed by atoms with van der Waals surface area (Å²) >= 11 is 0. The minimum Gasteiger partial charge on any atom is -1.00 e. The predicted molar refractivity (Wildman–Crippen MR) is 106 cm³/mol. The Balaban J connectivity index is 0.00000338. The molecule has 1 aromatic carbocycles. The number of carbonyl (C=O) groups is 1. The maximum Gasteiger partial charge on any atom is 0.227 e. The number of hydrogen-bond donors (Lipinski definition) is 1. The molecule has 1 aliphatic heterocycles. The molecule has 1 fully saturated rings. The highest BCUT2D eigenvalue weighted by atomic mass is 127. The summed E-state index contributed by atoms with van der Waals surface area (Å²) in [4.78, 5) is 12.4. The van der Waals surface area contributed by atoms with Crippen molar-refractivity contribution in [2.24, 2.45) is 5.92 Å². The number of nitrogens with zero attached hydrogens (tertiary/aromatic N) is 1. The van der Waals surface area contributed by atoms with Crippen molar-refractivity contribution in [1.29, 1.82) is 0 Å². The molecule has 0 unspecified atom stereocenters. The van der Waals surface area contributed by atoms with E-state index in [1.54, 1.807) is 0 Å². The summed E-state index contributed by atoms with van der Waals surface area (Å²) in [6, 6.07) is 8.56. The van der Waals surface area contributed by atoms with Crippen LogP contribution in [0, 0.1) is 5.92 Å². The molecule has 0 spiro atoms. The number of quaternary nitrogens is 1. The highest BCUT2D eigenvalue weighted by molar-refractivity contribution is 5.83. The van der Waals surface area contributed by atoms with Crippen molar-refractivity contribution in [2.45, 2.75) is 58.8 Å². The van der Waals surface area contributed by atoms with Crippen molar-refractivity contribution in [2.75, 3.05) is 33.2 Å². The molecular weight excluding hydrogens is 435 g/mol. The summed E-state index contributed by atoms with van der Waals surface area (Å²) in [5.41, 5.74) is 2.46. The van der Waals surface area contributed by atoms with Crippen molar-refractivity contribution in [3.05, 3.63) is 35.4 Å². The molecule has 1 heterocycles. The van der Waals surface area contributed by atoms with Gasteiger partial charge in [-0.3, -0.25) is 4.79 Å². The summed E-state index contributed by atoms with van der Waals surface area (Å²) in [7, 11) is 2.36. The lowest BCUT2D eigenvalue weighted by atomic mass is 9.96. The van der Waals surface area contributed by atoms with E-state index >= 15 is 0 Å².